The first-order valence-electron chi connectivity index (χ1n) is 4.08. The molecule has 0 aromatic heterocycles. The Hall–Kier alpha value is -1.13. The van der Waals surface area contributed by atoms with Crippen molar-refractivity contribution in [3.8, 4) is 0 Å². The van der Waals surface area contributed by atoms with Crippen molar-refractivity contribution in [1.29, 1.82) is 0 Å². The Balaban J connectivity index is 2.40. The molecule has 2 rings (SSSR count). The van der Waals surface area contributed by atoms with Gasteiger partial charge in [-0.3, -0.25) is 9.59 Å². The Morgan fingerprint density at radius 1 is 1.57 bits per heavy atom. The zero-order valence-electron chi connectivity index (χ0n) is 7.49. The van der Waals surface area contributed by atoms with Gasteiger partial charge in [-0.15, -0.1) is 0 Å². The van der Waals surface area contributed by atoms with Gasteiger partial charge in [0.15, 0.2) is 11.5 Å². The summed E-state index contributed by atoms with van der Waals surface area (Å²) in [7, 11) is 1.61. The van der Waals surface area contributed by atoms with Gasteiger partial charge in [-0.25, -0.2) is 0 Å². The normalized spacial score (nSPS) is 31.6. The largest absolute Gasteiger partial charge is 0.338 e. The van der Waals surface area contributed by atoms with Crippen LogP contribution in [0.3, 0.4) is 0 Å². The lowest BCUT2D eigenvalue weighted by Gasteiger charge is -2.30. The van der Waals surface area contributed by atoms with Crippen LogP contribution >= 0.6 is 11.6 Å². The van der Waals surface area contributed by atoms with Crippen LogP contribution in [0.25, 0.3) is 0 Å². The summed E-state index contributed by atoms with van der Waals surface area (Å²) in [5, 5.41) is 0.0778. The molecule has 2 aliphatic rings. The molecule has 0 saturated carbocycles. The summed E-state index contributed by atoms with van der Waals surface area (Å²) in [5.74, 6) is -0.404. The van der Waals surface area contributed by atoms with E-state index in [2.05, 4.69) is 0 Å². The van der Waals surface area contributed by atoms with Crippen LogP contribution in [0.5, 0.6) is 0 Å². The fourth-order valence-corrected chi connectivity index (χ4v) is 1.66. The Labute approximate surface area is 85.8 Å². The molecule has 0 N–H and O–H groups in total. The van der Waals surface area contributed by atoms with Crippen LogP contribution in [-0.2, 0) is 14.3 Å². The maximum Gasteiger partial charge on any atom is 0.251 e. The zero-order valence-corrected chi connectivity index (χ0v) is 8.25. The number of hydrogen-bond donors (Lipinski definition) is 0. The topological polar surface area (TPSA) is 46.6 Å². The zero-order chi connectivity index (χ0) is 10.3. The van der Waals surface area contributed by atoms with Crippen LogP contribution in [0, 0.1) is 0 Å². The van der Waals surface area contributed by atoms with Crippen LogP contribution in [0.15, 0.2) is 23.3 Å². The fourth-order valence-electron chi connectivity index (χ4n) is 1.44. The summed E-state index contributed by atoms with van der Waals surface area (Å²) in [6.07, 6.45) is 4.30. The molecule has 1 aliphatic heterocycles. The highest BCUT2D eigenvalue weighted by molar-refractivity contribution is 6.44. The molecule has 0 radical (unpaired) electrons. The third-order valence-electron chi connectivity index (χ3n) is 2.37. The summed E-state index contributed by atoms with van der Waals surface area (Å²) in [6.45, 7) is 0.00962. The molecule has 1 atom stereocenters. The van der Waals surface area contributed by atoms with E-state index in [9.17, 15) is 9.59 Å². The molecule has 1 heterocycles. The number of amides is 1. The standard InChI is InChI=1S/C9H8ClNO3/c1-11-8(13)5-14-9(11)3-2-7(12)6(10)4-9/h2-4H,5H2,1H3. The average Bonchev–Trinajstić information content (AvgIpc) is 2.42. The molecule has 4 nitrogen and oxygen atoms in total. The van der Waals surface area contributed by atoms with E-state index in [0.717, 1.165) is 0 Å². The Morgan fingerprint density at radius 3 is 2.79 bits per heavy atom. The molecule has 0 bridgehead atoms. The molecule has 1 saturated heterocycles. The molecule has 74 valence electrons. The first-order chi connectivity index (χ1) is 6.55. The first-order valence-corrected chi connectivity index (χ1v) is 4.45. The van der Waals surface area contributed by atoms with E-state index in [1.165, 1.54) is 23.1 Å². The van der Waals surface area contributed by atoms with Crippen molar-refractivity contribution in [2.24, 2.45) is 0 Å². The number of ketones is 1. The second-order valence-corrected chi connectivity index (χ2v) is 3.59. The molecule has 0 aromatic carbocycles. The van der Waals surface area contributed by atoms with Crippen molar-refractivity contribution < 1.29 is 14.3 Å². The molecule has 5 heteroatoms. The number of allylic oxidation sites excluding steroid dienone is 2. The van der Waals surface area contributed by atoms with Crippen LogP contribution in [-0.4, -0.2) is 36.0 Å². The van der Waals surface area contributed by atoms with E-state index in [0.29, 0.717) is 0 Å². The molecule has 0 aromatic rings. The van der Waals surface area contributed by atoms with Gasteiger partial charge in [0, 0.05) is 7.05 Å². The third-order valence-corrected chi connectivity index (χ3v) is 2.66. The van der Waals surface area contributed by atoms with Gasteiger partial charge in [0.05, 0.1) is 5.03 Å². The lowest BCUT2D eigenvalue weighted by atomic mass is 10.1. The maximum absolute atomic E-state index is 11.2. The summed E-state index contributed by atoms with van der Waals surface area (Å²) in [6, 6.07) is 0. The lowest BCUT2D eigenvalue weighted by molar-refractivity contribution is -0.127. The second-order valence-electron chi connectivity index (χ2n) is 3.18. The predicted molar refractivity (Wildman–Crippen MR) is 49.5 cm³/mol. The first kappa shape index (κ1) is 9.43. The van der Waals surface area contributed by atoms with Gasteiger partial charge in [0.25, 0.3) is 5.91 Å². The Kier molecular flexibility index (Phi) is 1.97. The lowest BCUT2D eigenvalue weighted by Crippen LogP contribution is -2.42. The molecular weight excluding hydrogens is 206 g/mol. The number of ether oxygens (including phenoxy) is 1. The number of halogens is 1. The number of hydrogen-bond acceptors (Lipinski definition) is 3. The molecule has 1 aliphatic carbocycles. The minimum Gasteiger partial charge on any atom is -0.338 e. The maximum atomic E-state index is 11.2. The summed E-state index contributed by atoms with van der Waals surface area (Å²) in [5.41, 5.74) is -0.956. The van der Waals surface area contributed by atoms with E-state index < -0.39 is 5.72 Å². The average molecular weight is 214 g/mol. The number of carbonyl (C=O) groups is 2. The summed E-state index contributed by atoms with van der Waals surface area (Å²) >= 11 is 5.69. The van der Waals surface area contributed by atoms with Crippen LogP contribution < -0.4 is 0 Å². The quantitative estimate of drug-likeness (QED) is 0.587. The second kappa shape index (κ2) is 2.93. The van der Waals surface area contributed by atoms with Crippen molar-refractivity contribution in [2.45, 2.75) is 5.72 Å². The summed E-state index contributed by atoms with van der Waals surface area (Å²) < 4.78 is 5.30. The van der Waals surface area contributed by atoms with E-state index in [1.807, 2.05) is 0 Å². The number of likely N-dealkylation sites (N-methyl/N-ethyl adjacent to an activating group) is 1. The Morgan fingerprint density at radius 2 is 2.29 bits per heavy atom. The minimum atomic E-state index is -0.956. The predicted octanol–water partition coefficient (Wildman–Crippen LogP) is 0.433. The van der Waals surface area contributed by atoms with Crippen molar-refractivity contribution in [1.82, 2.24) is 4.90 Å². The van der Waals surface area contributed by atoms with Gasteiger partial charge < -0.3 is 9.64 Å². The smallest absolute Gasteiger partial charge is 0.251 e. The fraction of sp³-hybridized carbons (Fsp3) is 0.333. The molecule has 14 heavy (non-hydrogen) atoms. The van der Waals surface area contributed by atoms with Crippen molar-refractivity contribution in [2.75, 3.05) is 13.7 Å². The SMILES string of the molecule is CN1C(=O)COC12C=CC(=O)C(Cl)=C2. The van der Waals surface area contributed by atoms with Crippen LogP contribution in [0.2, 0.25) is 0 Å². The molecular formula is C9H8ClNO3. The van der Waals surface area contributed by atoms with Crippen molar-refractivity contribution in [3.63, 3.8) is 0 Å². The van der Waals surface area contributed by atoms with Crippen LogP contribution in [0.1, 0.15) is 0 Å². The van der Waals surface area contributed by atoms with Gasteiger partial charge in [-0.2, -0.15) is 0 Å². The van der Waals surface area contributed by atoms with E-state index in [4.69, 9.17) is 16.3 Å². The molecule has 1 fully saturated rings. The van der Waals surface area contributed by atoms with E-state index in [-0.39, 0.29) is 23.3 Å². The Bertz CT molecular complexity index is 374. The van der Waals surface area contributed by atoms with E-state index in [1.54, 1.807) is 7.05 Å². The molecule has 1 unspecified atom stereocenters. The van der Waals surface area contributed by atoms with E-state index >= 15 is 0 Å². The third kappa shape index (κ3) is 1.19. The van der Waals surface area contributed by atoms with Gasteiger partial charge >= 0.3 is 0 Å². The minimum absolute atomic E-state index is 0.00962. The monoisotopic (exact) mass is 213 g/mol. The highest BCUT2D eigenvalue weighted by Crippen LogP contribution is 2.31. The van der Waals surface area contributed by atoms with Gasteiger partial charge in [0.2, 0.25) is 0 Å². The van der Waals surface area contributed by atoms with Crippen molar-refractivity contribution in [3.05, 3.63) is 23.3 Å². The number of rotatable bonds is 0. The van der Waals surface area contributed by atoms with Gasteiger partial charge in [0.1, 0.15) is 6.61 Å². The number of nitrogens with zero attached hydrogens (tertiary/aromatic N) is 1. The number of carbonyl (C=O) groups excluding carboxylic acids is 2. The van der Waals surface area contributed by atoms with Crippen molar-refractivity contribution >= 4 is 23.3 Å². The summed E-state index contributed by atoms with van der Waals surface area (Å²) in [4.78, 5) is 23.7. The molecule has 1 spiro atoms. The van der Waals surface area contributed by atoms with Gasteiger partial charge in [-0.1, -0.05) is 11.6 Å². The van der Waals surface area contributed by atoms with Crippen LogP contribution in [0.4, 0.5) is 0 Å². The molecule has 1 amide bonds. The highest BCUT2D eigenvalue weighted by atomic mass is 35.5. The highest BCUT2D eigenvalue weighted by Gasteiger charge is 2.43. The van der Waals surface area contributed by atoms with Gasteiger partial charge in [-0.05, 0) is 18.2 Å².